The van der Waals surface area contributed by atoms with Gasteiger partial charge in [-0.25, -0.2) is 4.79 Å². The maximum Gasteiger partial charge on any atom is 0.326 e. The average Bonchev–Trinajstić information content (AvgIpc) is 2.68. The highest BCUT2D eigenvalue weighted by Crippen LogP contribution is 2.36. The predicted octanol–water partition coefficient (Wildman–Crippen LogP) is 4.66. The maximum atomic E-state index is 12.9. The Balaban J connectivity index is 1.72. The van der Waals surface area contributed by atoms with Crippen LogP contribution < -0.4 is 15.0 Å². The summed E-state index contributed by atoms with van der Waals surface area (Å²) in [6.45, 7) is 4.59. The van der Waals surface area contributed by atoms with E-state index in [1.165, 1.54) is 0 Å². The normalized spacial score (nSPS) is 15.4. The summed E-state index contributed by atoms with van der Waals surface area (Å²) < 4.78 is 10.9. The number of carbonyl (C=O) groups is 2. The van der Waals surface area contributed by atoms with Crippen LogP contribution in [0.2, 0.25) is 5.02 Å². The monoisotopic (exact) mass is 402 g/mol. The first-order valence-corrected chi connectivity index (χ1v) is 9.67. The molecule has 1 aliphatic rings. The van der Waals surface area contributed by atoms with Crippen molar-refractivity contribution in [3.63, 3.8) is 0 Å². The molecule has 0 spiro atoms. The van der Waals surface area contributed by atoms with E-state index in [9.17, 15) is 9.59 Å². The van der Waals surface area contributed by atoms with Crippen LogP contribution in [0.15, 0.2) is 42.5 Å². The van der Waals surface area contributed by atoms with E-state index in [1.807, 2.05) is 6.92 Å². The first-order chi connectivity index (χ1) is 13.5. The number of nitrogens with zero attached hydrogens (tertiary/aromatic N) is 1. The van der Waals surface area contributed by atoms with Gasteiger partial charge < -0.3 is 14.8 Å². The number of anilines is 2. The van der Waals surface area contributed by atoms with Gasteiger partial charge in [0.25, 0.3) is 0 Å². The molecule has 1 atom stereocenters. The van der Waals surface area contributed by atoms with Gasteiger partial charge in [-0.1, -0.05) is 30.7 Å². The largest absolute Gasteiger partial charge is 0.486 e. The van der Waals surface area contributed by atoms with Crippen molar-refractivity contribution >= 4 is 35.0 Å². The van der Waals surface area contributed by atoms with E-state index in [1.54, 1.807) is 54.3 Å². The molecule has 0 saturated heterocycles. The molecule has 6 nitrogen and oxygen atoms in total. The number of nitrogens with one attached hydrogen (secondary N) is 1. The van der Waals surface area contributed by atoms with E-state index in [0.717, 1.165) is 12.0 Å². The van der Waals surface area contributed by atoms with Gasteiger partial charge in [-0.05, 0) is 49.2 Å². The van der Waals surface area contributed by atoms with Gasteiger partial charge in [-0.3, -0.25) is 9.69 Å². The van der Waals surface area contributed by atoms with Crippen molar-refractivity contribution in [3.05, 3.63) is 53.1 Å². The summed E-state index contributed by atoms with van der Waals surface area (Å²) in [4.78, 5) is 26.1. The average molecular weight is 403 g/mol. The molecule has 0 bridgehead atoms. The number of halogens is 1. The van der Waals surface area contributed by atoms with Crippen LogP contribution in [0.4, 0.5) is 16.2 Å². The Kier molecular flexibility index (Phi) is 6.41. The minimum atomic E-state index is -0.272. The zero-order valence-electron chi connectivity index (χ0n) is 15.9. The summed E-state index contributed by atoms with van der Waals surface area (Å²) in [5, 5.41) is 3.43. The molecule has 148 valence electrons. The molecule has 1 unspecified atom stereocenters. The second-order valence-corrected chi connectivity index (χ2v) is 6.92. The van der Waals surface area contributed by atoms with E-state index in [2.05, 4.69) is 5.32 Å². The molecule has 1 N–H and O–H groups in total. The van der Waals surface area contributed by atoms with E-state index in [-0.39, 0.29) is 24.5 Å². The van der Waals surface area contributed by atoms with Gasteiger partial charge in [0, 0.05) is 10.7 Å². The highest BCUT2D eigenvalue weighted by molar-refractivity contribution is 6.31. The molecular weight excluding hydrogens is 380 g/mol. The second kappa shape index (κ2) is 8.97. The first-order valence-electron chi connectivity index (χ1n) is 9.29. The van der Waals surface area contributed by atoms with Crippen LogP contribution in [0.3, 0.4) is 0 Å². The number of rotatable bonds is 5. The molecule has 0 fully saturated rings. The molecule has 7 heteroatoms. The Labute approximate surface area is 169 Å². The zero-order valence-corrected chi connectivity index (χ0v) is 16.7. The van der Waals surface area contributed by atoms with Crippen molar-refractivity contribution in [1.82, 2.24) is 0 Å². The second-order valence-electron chi connectivity index (χ2n) is 6.48. The molecule has 2 aromatic rings. The summed E-state index contributed by atoms with van der Waals surface area (Å²) in [6, 6.07) is 12.1. The first kappa shape index (κ1) is 20.0. The molecule has 2 aromatic carbocycles. The van der Waals surface area contributed by atoms with Gasteiger partial charge in [0.15, 0.2) is 0 Å². The molecule has 1 heterocycles. The Morgan fingerprint density at radius 3 is 2.64 bits per heavy atom. The number of amides is 2. The number of ether oxygens (including phenoxy) is 2. The number of carbonyl (C=O) groups excluding carboxylic acids is 2. The van der Waals surface area contributed by atoms with E-state index >= 15 is 0 Å². The van der Waals surface area contributed by atoms with Crippen molar-refractivity contribution in [3.8, 4) is 5.75 Å². The number of hydrogen-bond acceptors (Lipinski definition) is 4. The highest BCUT2D eigenvalue weighted by atomic mass is 35.5. The molecule has 1 aliphatic heterocycles. The fraction of sp³-hybridized carbons (Fsp3) is 0.333. The minimum Gasteiger partial charge on any atom is -0.486 e. The van der Waals surface area contributed by atoms with E-state index in [4.69, 9.17) is 21.1 Å². The van der Waals surface area contributed by atoms with Gasteiger partial charge in [-0.2, -0.15) is 0 Å². The highest BCUT2D eigenvalue weighted by Gasteiger charge is 2.29. The molecule has 0 radical (unpaired) electrons. The lowest BCUT2D eigenvalue weighted by Gasteiger charge is -2.34. The summed E-state index contributed by atoms with van der Waals surface area (Å²) in [5.41, 5.74) is 2.11. The van der Waals surface area contributed by atoms with E-state index in [0.29, 0.717) is 35.3 Å². The SMILES string of the molecule is CCOC(=O)Cc1ccc(NC(=O)N2CC(CC)Oc3ccc(Cl)cc32)cc1. The van der Waals surface area contributed by atoms with Gasteiger partial charge in [0.2, 0.25) is 0 Å². The van der Waals surface area contributed by atoms with Crippen LogP contribution in [0.25, 0.3) is 0 Å². The zero-order chi connectivity index (χ0) is 20.1. The van der Waals surface area contributed by atoms with Gasteiger partial charge in [0.1, 0.15) is 11.9 Å². The fourth-order valence-corrected chi connectivity index (χ4v) is 3.17. The van der Waals surface area contributed by atoms with Gasteiger partial charge in [-0.15, -0.1) is 0 Å². The van der Waals surface area contributed by atoms with Crippen molar-refractivity contribution in [2.24, 2.45) is 0 Å². The van der Waals surface area contributed by atoms with Gasteiger partial charge >= 0.3 is 12.0 Å². The third-order valence-corrected chi connectivity index (χ3v) is 4.69. The third kappa shape index (κ3) is 4.75. The minimum absolute atomic E-state index is 0.0774. The Hall–Kier alpha value is -2.73. The number of fused-ring (bicyclic) bond motifs is 1. The number of hydrogen-bond donors (Lipinski definition) is 1. The topological polar surface area (TPSA) is 67.9 Å². The fourth-order valence-electron chi connectivity index (χ4n) is 3.00. The Morgan fingerprint density at radius 1 is 1.21 bits per heavy atom. The molecule has 0 aromatic heterocycles. The van der Waals surface area contributed by atoms with Crippen molar-refractivity contribution in [2.45, 2.75) is 32.8 Å². The van der Waals surface area contributed by atoms with Gasteiger partial charge in [0.05, 0.1) is 25.3 Å². The predicted molar refractivity (Wildman–Crippen MR) is 109 cm³/mol. The van der Waals surface area contributed by atoms with Crippen molar-refractivity contribution < 1.29 is 19.1 Å². The third-order valence-electron chi connectivity index (χ3n) is 4.45. The lowest BCUT2D eigenvalue weighted by atomic mass is 10.1. The smallest absolute Gasteiger partial charge is 0.326 e. The number of esters is 1. The molecule has 0 saturated carbocycles. The molecule has 3 rings (SSSR count). The summed E-state index contributed by atoms with van der Waals surface area (Å²) in [6.07, 6.45) is 0.913. The van der Waals surface area contributed by atoms with Crippen molar-refractivity contribution in [2.75, 3.05) is 23.4 Å². The van der Waals surface area contributed by atoms with E-state index < -0.39 is 0 Å². The van der Waals surface area contributed by atoms with Crippen LogP contribution in [0, 0.1) is 0 Å². The summed E-state index contributed by atoms with van der Waals surface area (Å²) in [5.74, 6) is 0.370. The number of urea groups is 1. The lowest BCUT2D eigenvalue weighted by molar-refractivity contribution is -0.142. The Bertz CT molecular complexity index is 854. The summed E-state index contributed by atoms with van der Waals surface area (Å²) in [7, 11) is 0. The molecule has 0 aliphatic carbocycles. The van der Waals surface area contributed by atoms with Crippen LogP contribution in [0.1, 0.15) is 25.8 Å². The molecule has 28 heavy (non-hydrogen) atoms. The van der Waals surface area contributed by atoms with Crippen molar-refractivity contribution in [1.29, 1.82) is 0 Å². The van der Waals surface area contributed by atoms with Crippen LogP contribution in [0.5, 0.6) is 5.75 Å². The number of benzene rings is 2. The van der Waals surface area contributed by atoms with Crippen LogP contribution in [-0.2, 0) is 16.0 Å². The molecule has 2 amide bonds. The Morgan fingerprint density at radius 2 is 1.96 bits per heavy atom. The quantitative estimate of drug-likeness (QED) is 0.739. The molecular formula is C21H23ClN2O4. The standard InChI is InChI=1S/C21H23ClN2O4/c1-3-17-13-24(18-12-15(22)7-10-19(18)28-17)21(26)23-16-8-5-14(6-9-16)11-20(25)27-4-2/h5-10,12,17H,3-4,11,13H2,1-2H3,(H,23,26). The summed E-state index contributed by atoms with van der Waals surface area (Å²) >= 11 is 6.11. The van der Waals surface area contributed by atoms with Crippen LogP contribution >= 0.6 is 11.6 Å². The maximum absolute atomic E-state index is 12.9. The lowest BCUT2D eigenvalue weighted by Crippen LogP contribution is -2.45. The van der Waals surface area contributed by atoms with Crippen LogP contribution in [-0.4, -0.2) is 31.3 Å².